The number of benzene rings is 2. The van der Waals surface area contributed by atoms with Gasteiger partial charge in [-0.1, -0.05) is 12.1 Å². The number of nitrogens with one attached hydrogen (secondary N) is 1. The minimum absolute atomic E-state index is 0.237. The van der Waals surface area contributed by atoms with Crippen molar-refractivity contribution >= 4 is 34.0 Å². The van der Waals surface area contributed by atoms with Crippen LogP contribution in [0.25, 0.3) is 0 Å². The van der Waals surface area contributed by atoms with Crippen LogP contribution in [0.5, 0.6) is 0 Å². The van der Waals surface area contributed by atoms with E-state index in [1.54, 1.807) is 0 Å². The largest absolute Gasteiger partial charge is 0.380 e. The summed E-state index contributed by atoms with van der Waals surface area (Å²) < 4.78 is 14.3. The molecule has 0 saturated heterocycles. The quantitative estimate of drug-likeness (QED) is 0.502. The molecule has 0 saturated carbocycles. The number of halogens is 2. The second kappa shape index (κ2) is 5.96. The van der Waals surface area contributed by atoms with Crippen molar-refractivity contribution in [1.82, 2.24) is 0 Å². The van der Waals surface area contributed by atoms with Crippen LogP contribution in [0, 0.1) is 19.5 Å². The predicted molar refractivity (Wildman–Crippen MR) is 79.5 cm³/mol. The molecule has 0 bridgehead atoms. The molecule has 2 rings (SSSR count). The Morgan fingerprint density at radius 2 is 2.00 bits per heavy atom. The molecule has 0 unspecified atom stereocenters. The first-order chi connectivity index (χ1) is 9.06. The summed E-state index contributed by atoms with van der Waals surface area (Å²) in [5.74, 6) is -0.603. The Bertz CT molecular complexity index is 619. The minimum atomic E-state index is -0.603. The van der Waals surface area contributed by atoms with Gasteiger partial charge in [0, 0.05) is 21.9 Å². The number of rotatable bonds is 4. The molecule has 2 aromatic carbocycles. The highest BCUT2D eigenvalue weighted by atomic mass is 127. The molecule has 4 nitrogen and oxygen atoms in total. The van der Waals surface area contributed by atoms with E-state index in [0.717, 1.165) is 15.3 Å². The Labute approximate surface area is 122 Å². The molecule has 0 aliphatic carbocycles. The fourth-order valence-electron chi connectivity index (χ4n) is 1.64. The van der Waals surface area contributed by atoms with Crippen LogP contribution in [0.3, 0.4) is 0 Å². The number of nitro benzene ring substituents is 1. The van der Waals surface area contributed by atoms with Crippen LogP contribution >= 0.6 is 22.6 Å². The lowest BCUT2D eigenvalue weighted by atomic mass is 10.2. The van der Waals surface area contributed by atoms with Crippen LogP contribution in [0.2, 0.25) is 0 Å². The van der Waals surface area contributed by atoms with E-state index in [1.165, 1.54) is 12.1 Å². The van der Waals surface area contributed by atoms with Gasteiger partial charge in [0.15, 0.2) is 0 Å². The van der Waals surface area contributed by atoms with E-state index >= 15 is 0 Å². The molecular formula is C13H10FIN2O2. The molecule has 6 heteroatoms. The first-order valence-electron chi connectivity index (χ1n) is 5.48. The zero-order valence-electron chi connectivity index (χ0n) is 9.77. The molecule has 0 heterocycles. The lowest BCUT2D eigenvalue weighted by Crippen LogP contribution is -2.02. The van der Waals surface area contributed by atoms with Crippen molar-refractivity contribution in [3.05, 3.63) is 67.5 Å². The Morgan fingerprint density at radius 1 is 1.26 bits per heavy atom. The molecule has 0 atom stereocenters. The summed E-state index contributed by atoms with van der Waals surface area (Å²) in [6.45, 7) is 0.332. The molecule has 19 heavy (non-hydrogen) atoms. The smallest absolute Gasteiger partial charge is 0.272 e. The minimum Gasteiger partial charge on any atom is -0.380 e. The van der Waals surface area contributed by atoms with Crippen molar-refractivity contribution in [1.29, 1.82) is 0 Å². The van der Waals surface area contributed by atoms with E-state index in [1.807, 2.05) is 24.3 Å². The van der Waals surface area contributed by atoms with Gasteiger partial charge in [-0.3, -0.25) is 10.1 Å². The van der Waals surface area contributed by atoms with Gasteiger partial charge in [-0.15, -0.1) is 0 Å². The summed E-state index contributed by atoms with van der Waals surface area (Å²) in [7, 11) is 0. The van der Waals surface area contributed by atoms with Crippen molar-refractivity contribution < 1.29 is 9.31 Å². The fourth-order valence-corrected chi connectivity index (χ4v) is 2.22. The number of nitrogens with zero attached hydrogens (tertiary/aromatic N) is 1. The topological polar surface area (TPSA) is 55.2 Å². The fraction of sp³-hybridized carbons (Fsp3) is 0.0769. The van der Waals surface area contributed by atoms with Crippen molar-refractivity contribution in [3.63, 3.8) is 0 Å². The third-order valence-electron chi connectivity index (χ3n) is 2.51. The zero-order chi connectivity index (χ0) is 13.8. The summed E-state index contributed by atoms with van der Waals surface area (Å²) in [5.41, 5.74) is 1.21. The zero-order valence-corrected chi connectivity index (χ0v) is 11.9. The van der Waals surface area contributed by atoms with Gasteiger partial charge in [-0.2, -0.15) is 0 Å². The van der Waals surface area contributed by atoms with Gasteiger partial charge < -0.3 is 5.32 Å². The van der Waals surface area contributed by atoms with E-state index in [9.17, 15) is 14.5 Å². The van der Waals surface area contributed by atoms with Crippen LogP contribution in [0.4, 0.5) is 15.8 Å². The maximum Gasteiger partial charge on any atom is 0.272 e. The number of anilines is 1. The third-order valence-corrected chi connectivity index (χ3v) is 3.45. The second-order valence-corrected chi connectivity index (χ2v) is 5.07. The molecule has 2 aromatic rings. The SMILES string of the molecule is O=[N+]([O-])c1cc(F)cc(CNc2ccccc2I)c1. The van der Waals surface area contributed by atoms with Gasteiger partial charge in [0.25, 0.3) is 5.69 Å². The molecule has 0 aliphatic rings. The van der Waals surface area contributed by atoms with Gasteiger partial charge in [0.2, 0.25) is 0 Å². The van der Waals surface area contributed by atoms with Crippen LogP contribution in [-0.2, 0) is 6.54 Å². The summed E-state index contributed by atoms with van der Waals surface area (Å²) in [5, 5.41) is 13.8. The van der Waals surface area contributed by atoms with Crippen molar-refractivity contribution in [2.75, 3.05) is 5.32 Å². The number of nitro groups is 1. The molecule has 0 aromatic heterocycles. The molecule has 0 amide bonds. The lowest BCUT2D eigenvalue weighted by molar-refractivity contribution is -0.385. The number of hydrogen-bond donors (Lipinski definition) is 1. The lowest BCUT2D eigenvalue weighted by Gasteiger charge is -2.08. The molecule has 0 fully saturated rings. The summed E-state index contributed by atoms with van der Waals surface area (Å²) in [6, 6.07) is 11.2. The van der Waals surface area contributed by atoms with Crippen LogP contribution < -0.4 is 5.32 Å². The van der Waals surface area contributed by atoms with E-state index in [2.05, 4.69) is 27.9 Å². The number of para-hydroxylation sites is 1. The van der Waals surface area contributed by atoms with Gasteiger partial charge in [-0.05, 0) is 46.4 Å². The normalized spacial score (nSPS) is 10.2. The van der Waals surface area contributed by atoms with Gasteiger partial charge >= 0.3 is 0 Å². The Balaban J connectivity index is 2.16. The molecule has 0 radical (unpaired) electrons. The predicted octanol–water partition coefficient (Wildman–Crippen LogP) is 3.95. The standard InChI is InChI=1S/C13H10FIN2O2/c14-10-5-9(6-11(7-10)17(18)19)8-16-13-4-2-1-3-12(13)15/h1-7,16H,8H2. The first-order valence-corrected chi connectivity index (χ1v) is 6.56. The monoisotopic (exact) mass is 372 g/mol. The average molecular weight is 372 g/mol. The number of non-ortho nitro benzene ring substituents is 1. The average Bonchev–Trinajstić information content (AvgIpc) is 2.37. The Hall–Kier alpha value is -1.70. The van der Waals surface area contributed by atoms with Gasteiger partial charge in [0.05, 0.1) is 11.0 Å². The molecular weight excluding hydrogens is 362 g/mol. The second-order valence-electron chi connectivity index (χ2n) is 3.91. The van der Waals surface area contributed by atoms with Crippen LogP contribution in [0.1, 0.15) is 5.56 Å². The van der Waals surface area contributed by atoms with E-state index < -0.39 is 10.7 Å². The van der Waals surface area contributed by atoms with E-state index in [-0.39, 0.29) is 5.69 Å². The van der Waals surface area contributed by atoms with Crippen molar-refractivity contribution in [2.24, 2.45) is 0 Å². The van der Waals surface area contributed by atoms with Crippen LogP contribution in [-0.4, -0.2) is 4.92 Å². The Morgan fingerprint density at radius 3 is 2.68 bits per heavy atom. The first kappa shape index (κ1) is 13.7. The highest BCUT2D eigenvalue weighted by molar-refractivity contribution is 14.1. The number of hydrogen-bond acceptors (Lipinski definition) is 3. The third kappa shape index (κ3) is 3.63. The molecule has 0 spiro atoms. The van der Waals surface area contributed by atoms with Gasteiger partial charge in [-0.25, -0.2) is 4.39 Å². The highest BCUT2D eigenvalue weighted by Crippen LogP contribution is 2.20. The van der Waals surface area contributed by atoms with E-state index in [0.29, 0.717) is 12.1 Å². The van der Waals surface area contributed by atoms with Crippen LogP contribution in [0.15, 0.2) is 42.5 Å². The van der Waals surface area contributed by atoms with Crippen molar-refractivity contribution in [2.45, 2.75) is 6.54 Å². The summed E-state index contributed by atoms with van der Waals surface area (Å²) in [4.78, 5) is 10.1. The van der Waals surface area contributed by atoms with Gasteiger partial charge in [0.1, 0.15) is 5.82 Å². The van der Waals surface area contributed by atoms with E-state index in [4.69, 9.17) is 0 Å². The summed E-state index contributed by atoms with van der Waals surface area (Å²) >= 11 is 2.18. The maximum absolute atomic E-state index is 13.3. The Kier molecular flexibility index (Phi) is 4.31. The highest BCUT2D eigenvalue weighted by Gasteiger charge is 2.09. The molecule has 0 aliphatic heterocycles. The molecule has 1 N–H and O–H groups in total. The summed E-state index contributed by atoms with van der Waals surface area (Å²) in [6.07, 6.45) is 0. The maximum atomic E-state index is 13.3. The molecule has 98 valence electrons. The van der Waals surface area contributed by atoms with Crippen molar-refractivity contribution in [3.8, 4) is 0 Å².